The maximum absolute atomic E-state index is 5.97. The summed E-state index contributed by atoms with van der Waals surface area (Å²) in [4.78, 5) is 0. The molecular formula is C12H18ClN. The van der Waals surface area contributed by atoms with Crippen molar-refractivity contribution >= 4 is 11.6 Å². The molecule has 1 aromatic carbocycles. The van der Waals surface area contributed by atoms with Crippen molar-refractivity contribution in [2.75, 3.05) is 0 Å². The van der Waals surface area contributed by atoms with E-state index in [0.29, 0.717) is 5.92 Å². The van der Waals surface area contributed by atoms with Crippen LogP contribution in [0.5, 0.6) is 0 Å². The molecule has 0 spiro atoms. The van der Waals surface area contributed by atoms with Gasteiger partial charge in [-0.3, -0.25) is 0 Å². The van der Waals surface area contributed by atoms with E-state index in [-0.39, 0.29) is 6.04 Å². The zero-order valence-corrected chi connectivity index (χ0v) is 9.59. The lowest BCUT2D eigenvalue weighted by Gasteiger charge is -2.18. The summed E-state index contributed by atoms with van der Waals surface area (Å²) in [5.74, 6) is 0.512. The number of rotatable bonds is 4. The summed E-state index contributed by atoms with van der Waals surface area (Å²) in [5.41, 5.74) is 7.24. The van der Waals surface area contributed by atoms with Gasteiger partial charge in [-0.2, -0.15) is 0 Å². The Balaban J connectivity index is 2.60. The fourth-order valence-electron chi connectivity index (χ4n) is 1.59. The second kappa shape index (κ2) is 5.38. The molecule has 0 aromatic heterocycles. The van der Waals surface area contributed by atoms with Gasteiger partial charge in [0.15, 0.2) is 0 Å². The largest absolute Gasteiger partial charge is 0.327 e. The van der Waals surface area contributed by atoms with Gasteiger partial charge in [0.25, 0.3) is 0 Å². The van der Waals surface area contributed by atoms with Crippen molar-refractivity contribution in [3.63, 3.8) is 0 Å². The zero-order valence-electron chi connectivity index (χ0n) is 8.83. The number of nitrogens with two attached hydrogens (primary N) is 1. The van der Waals surface area contributed by atoms with Crippen LogP contribution in [0.1, 0.15) is 25.8 Å². The van der Waals surface area contributed by atoms with Gasteiger partial charge in [0, 0.05) is 11.1 Å². The third-order valence-electron chi connectivity index (χ3n) is 2.65. The lowest BCUT2D eigenvalue weighted by atomic mass is 9.93. The summed E-state index contributed by atoms with van der Waals surface area (Å²) >= 11 is 5.91. The highest BCUT2D eigenvalue weighted by Gasteiger charge is 2.11. The molecule has 0 aliphatic rings. The Hall–Kier alpha value is -0.530. The molecule has 0 saturated heterocycles. The van der Waals surface area contributed by atoms with Crippen molar-refractivity contribution in [3.8, 4) is 0 Å². The number of halogens is 1. The molecule has 1 aromatic rings. The first-order valence-electron chi connectivity index (χ1n) is 5.13. The second-order valence-electron chi connectivity index (χ2n) is 3.88. The zero-order chi connectivity index (χ0) is 10.6. The molecule has 1 rings (SSSR count). The van der Waals surface area contributed by atoms with Crippen LogP contribution in [0, 0.1) is 5.92 Å². The van der Waals surface area contributed by atoms with Gasteiger partial charge in [0.2, 0.25) is 0 Å². The summed E-state index contributed by atoms with van der Waals surface area (Å²) in [7, 11) is 0. The van der Waals surface area contributed by atoms with Crippen LogP contribution in [0.4, 0.5) is 0 Å². The van der Waals surface area contributed by atoms with Crippen LogP contribution in [0.15, 0.2) is 24.3 Å². The molecule has 0 amide bonds. The summed E-state index contributed by atoms with van der Waals surface area (Å²) in [6.07, 6.45) is 2.04. The average molecular weight is 212 g/mol. The molecule has 0 aliphatic carbocycles. The van der Waals surface area contributed by atoms with Gasteiger partial charge in [-0.25, -0.2) is 0 Å². The van der Waals surface area contributed by atoms with Gasteiger partial charge in [0.1, 0.15) is 0 Å². The van der Waals surface area contributed by atoms with Crippen LogP contribution >= 0.6 is 11.6 Å². The van der Waals surface area contributed by atoms with Gasteiger partial charge in [-0.1, -0.05) is 37.6 Å². The molecule has 2 N–H and O–H groups in total. The molecule has 2 atom stereocenters. The molecule has 0 heterocycles. The molecule has 1 nitrogen and oxygen atoms in total. The van der Waals surface area contributed by atoms with Crippen molar-refractivity contribution < 1.29 is 0 Å². The van der Waals surface area contributed by atoms with Crippen molar-refractivity contribution in [3.05, 3.63) is 34.9 Å². The van der Waals surface area contributed by atoms with E-state index in [1.54, 1.807) is 0 Å². The first-order chi connectivity index (χ1) is 6.63. The first-order valence-corrected chi connectivity index (χ1v) is 5.51. The van der Waals surface area contributed by atoms with E-state index in [9.17, 15) is 0 Å². The highest BCUT2D eigenvalue weighted by molar-refractivity contribution is 6.30. The van der Waals surface area contributed by atoms with Gasteiger partial charge in [0.05, 0.1) is 0 Å². The summed E-state index contributed by atoms with van der Waals surface area (Å²) in [6, 6.07) is 8.29. The Labute approximate surface area is 91.3 Å². The van der Waals surface area contributed by atoms with Gasteiger partial charge >= 0.3 is 0 Å². The summed E-state index contributed by atoms with van der Waals surface area (Å²) < 4.78 is 0. The predicted molar refractivity (Wildman–Crippen MR) is 62.6 cm³/mol. The molecule has 2 heteroatoms. The maximum atomic E-state index is 5.97. The number of hydrogen-bond donors (Lipinski definition) is 1. The molecule has 0 bridgehead atoms. The van der Waals surface area contributed by atoms with Gasteiger partial charge in [-0.15, -0.1) is 0 Å². The molecule has 0 saturated carbocycles. The fourth-order valence-corrected chi connectivity index (χ4v) is 1.80. The molecular weight excluding hydrogens is 194 g/mol. The van der Waals surface area contributed by atoms with E-state index in [1.165, 1.54) is 5.56 Å². The molecule has 78 valence electrons. The van der Waals surface area contributed by atoms with E-state index < -0.39 is 0 Å². The Bertz CT molecular complexity index is 285. The van der Waals surface area contributed by atoms with Gasteiger partial charge < -0.3 is 5.73 Å². The Morgan fingerprint density at radius 2 is 2.14 bits per heavy atom. The molecule has 0 aliphatic heterocycles. The first kappa shape index (κ1) is 11.5. The standard InChI is InChI=1S/C12H18ClN/c1-3-12(14)9(2)7-10-5-4-6-11(13)8-10/h4-6,8-9,12H,3,7,14H2,1-2H3. The minimum Gasteiger partial charge on any atom is -0.327 e. The van der Waals surface area contributed by atoms with Crippen LogP contribution in [0.3, 0.4) is 0 Å². The van der Waals surface area contributed by atoms with Crippen LogP contribution < -0.4 is 5.73 Å². The van der Waals surface area contributed by atoms with E-state index in [0.717, 1.165) is 17.9 Å². The average Bonchev–Trinajstić information content (AvgIpc) is 2.16. The predicted octanol–water partition coefficient (Wildman–Crippen LogP) is 3.26. The van der Waals surface area contributed by atoms with E-state index in [2.05, 4.69) is 19.9 Å². The van der Waals surface area contributed by atoms with E-state index in [4.69, 9.17) is 17.3 Å². The SMILES string of the molecule is CCC(N)C(C)Cc1cccc(Cl)c1. The minimum atomic E-state index is 0.286. The van der Waals surface area contributed by atoms with E-state index in [1.807, 2.05) is 18.2 Å². The van der Waals surface area contributed by atoms with Crippen LogP contribution in [0.2, 0.25) is 5.02 Å². The van der Waals surface area contributed by atoms with Crippen molar-refractivity contribution in [2.45, 2.75) is 32.7 Å². The smallest absolute Gasteiger partial charge is 0.0408 e. The topological polar surface area (TPSA) is 26.0 Å². The van der Waals surface area contributed by atoms with Crippen molar-refractivity contribution in [2.24, 2.45) is 11.7 Å². The second-order valence-corrected chi connectivity index (χ2v) is 4.32. The third kappa shape index (κ3) is 3.32. The maximum Gasteiger partial charge on any atom is 0.0408 e. The minimum absolute atomic E-state index is 0.286. The Morgan fingerprint density at radius 3 is 2.71 bits per heavy atom. The quantitative estimate of drug-likeness (QED) is 0.813. The van der Waals surface area contributed by atoms with Crippen molar-refractivity contribution in [1.29, 1.82) is 0 Å². The highest BCUT2D eigenvalue weighted by Crippen LogP contribution is 2.16. The number of hydrogen-bond acceptors (Lipinski definition) is 1. The van der Waals surface area contributed by atoms with Crippen LogP contribution in [-0.2, 0) is 6.42 Å². The lowest BCUT2D eigenvalue weighted by Crippen LogP contribution is -2.28. The third-order valence-corrected chi connectivity index (χ3v) is 2.88. The molecule has 14 heavy (non-hydrogen) atoms. The molecule has 0 radical (unpaired) electrons. The van der Waals surface area contributed by atoms with Crippen LogP contribution in [-0.4, -0.2) is 6.04 Å². The van der Waals surface area contributed by atoms with Gasteiger partial charge in [-0.05, 0) is 36.5 Å². The lowest BCUT2D eigenvalue weighted by molar-refractivity contribution is 0.442. The monoisotopic (exact) mass is 211 g/mol. The van der Waals surface area contributed by atoms with E-state index >= 15 is 0 Å². The number of benzene rings is 1. The fraction of sp³-hybridized carbons (Fsp3) is 0.500. The normalized spacial score (nSPS) is 15.1. The molecule has 0 fully saturated rings. The Morgan fingerprint density at radius 1 is 1.43 bits per heavy atom. The van der Waals surface area contributed by atoms with Crippen molar-refractivity contribution in [1.82, 2.24) is 0 Å². The summed E-state index contributed by atoms with van der Waals surface area (Å²) in [5, 5.41) is 0.805. The molecule has 2 unspecified atom stereocenters. The van der Waals surface area contributed by atoms with Crippen LogP contribution in [0.25, 0.3) is 0 Å². The highest BCUT2D eigenvalue weighted by atomic mass is 35.5. The summed E-state index contributed by atoms with van der Waals surface area (Å²) in [6.45, 7) is 4.31. The Kier molecular flexibility index (Phi) is 4.43.